The van der Waals surface area contributed by atoms with Crippen molar-refractivity contribution in [3.8, 4) is 0 Å². The van der Waals surface area contributed by atoms with Crippen molar-refractivity contribution in [1.82, 2.24) is 19.6 Å². The van der Waals surface area contributed by atoms with Gasteiger partial charge in [0.25, 0.3) is 11.8 Å². The van der Waals surface area contributed by atoms with Gasteiger partial charge in [0.1, 0.15) is 0 Å². The molecule has 0 radical (unpaired) electrons. The number of nitrogens with one attached hydrogen (secondary N) is 2. The fourth-order valence-electron chi connectivity index (χ4n) is 2.97. The third kappa shape index (κ3) is 4.20. The number of carbonyl (C=O) groups excluding carboxylic acids is 2. The lowest BCUT2D eigenvalue weighted by molar-refractivity contribution is 0.0948. The molecule has 0 unspecified atom stereocenters. The van der Waals surface area contributed by atoms with E-state index in [1.54, 1.807) is 22.7 Å². The van der Waals surface area contributed by atoms with Gasteiger partial charge in [0.05, 0.1) is 5.52 Å². The minimum atomic E-state index is -0.352. The van der Waals surface area contributed by atoms with Crippen LogP contribution in [0.5, 0.6) is 0 Å². The van der Waals surface area contributed by atoms with Gasteiger partial charge in [-0.05, 0) is 44.3 Å². The van der Waals surface area contributed by atoms with Crippen molar-refractivity contribution < 1.29 is 9.59 Å². The van der Waals surface area contributed by atoms with Crippen LogP contribution in [0.3, 0.4) is 0 Å². The smallest absolute Gasteiger partial charge is 0.292 e. The maximum Gasteiger partial charge on any atom is 0.292 e. The van der Waals surface area contributed by atoms with Crippen molar-refractivity contribution in [1.29, 1.82) is 0 Å². The van der Waals surface area contributed by atoms with E-state index in [-0.39, 0.29) is 23.3 Å². The van der Waals surface area contributed by atoms with Gasteiger partial charge in [-0.15, -0.1) is 0 Å². The van der Waals surface area contributed by atoms with E-state index in [2.05, 4.69) is 15.6 Å². The van der Waals surface area contributed by atoms with Crippen LogP contribution in [0, 0.1) is 0 Å². The lowest BCUT2D eigenvalue weighted by atomic mass is 10.1. The highest BCUT2D eigenvalue weighted by Gasteiger charge is 2.21. The quantitative estimate of drug-likeness (QED) is 0.661. The van der Waals surface area contributed by atoms with E-state index >= 15 is 0 Å². The Bertz CT molecular complexity index is 993. The summed E-state index contributed by atoms with van der Waals surface area (Å²) in [5.41, 5.74) is 2.63. The molecule has 2 N–H and O–H groups in total. The molecular formula is C21H25N5O2. The summed E-state index contributed by atoms with van der Waals surface area (Å²) in [5, 5.41) is 5.77. The minimum Gasteiger partial charge on any atom is -0.349 e. The molecule has 7 heteroatoms. The molecule has 0 saturated carbocycles. The SMILES string of the molecule is CCc1ccccc1NC(=O)c1nc(C(=O)NCCN(C)C)c2ccccn12. The van der Waals surface area contributed by atoms with Crippen molar-refractivity contribution in [2.75, 3.05) is 32.5 Å². The molecule has 28 heavy (non-hydrogen) atoms. The number of aromatic nitrogens is 2. The molecule has 146 valence electrons. The van der Waals surface area contributed by atoms with Crippen LogP contribution in [0.4, 0.5) is 5.69 Å². The first-order chi connectivity index (χ1) is 13.5. The van der Waals surface area contributed by atoms with Crippen LogP contribution in [0.25, 0.3) is 5.52 Å². The van der Waals surface area contributed by atoms with Crippen LogP contribution < -0.4 is 10.6 Å². The number of likely N-dealkylation sites (N-methyl/N-ethyl adjacent to an activating group) is 1. The number of aryl methyl sites for hydroxylation is 1. The maximum absolute atomic E-state index is 12.9. The van der Waals surface area contributed by atoms with E-state index in [1.807, 2.05) is 56.3 Å². The first-order valence-corrected chi connectivity index (χ1v) is 9.30. The van der Waals surface area contributed by atoms with Gasteiger partial charge in [0.15, 0.2) is 5.69 Å². The number of rotatable bonds is 7. The van der Waals surface area contributed by atoms with E-state index in [0.717, 1.165) is 24.2 Å². The average Bonchev–Trinajstić information content (AvgIpc) is 3.08. The number of nitrogens with zero attached hydrogens (tertiary/aromatic N) is 3. The topological polar surface area (TPSA) is 78.7 Å². The zero-order valence-corrected chi connectivity index (χ0v) is 16.4. The molecule has 2 heterocycles. The van der Waals surface area contributed by atoms with Crippen molar-refractivity contribution in [2.45, 2.75) is 13.3 Å². The van der Waals surface area contributed by atoms with Gasteiger partial charge in [-0.3, -0.25) is 14.0 Å². The Hall–Kier alpha value is -3.19. The zero-order valence-electron chi connectivity index (χ0n) is 16.4. The highest BCUT2D eigenvalue weighted by atomic mass is 16.2. The summed E-state index contributed by atoms with van der Waals surface area (Å²) in [6.07, 6.45) is 2.54. The van der Waals surface area contributed by atoms with E-state index in [9.17, 15) is 9.59 Å². The fourth-order valence-corrected chi connectivity index (χ4v) is 2.97. The van der Waals surface area contributed by atoms with Gasteiger partial charge in [-0.25, -0.2) is 4.98 Å². The van der Waals surface area contributed by atoms with Crippen LogP contribution in [0.2, 0.25) is 0 Å². The second-order valence-electron chi connectivity index (χ2n) is 6.76. The summed E-state index contributed by atoms with van der Waals surface area (Å²) in [7, 11) is 3.88. The molecule has 0 saturated heterocycles. The van der Waals surface area contributed by atoms with Crippen molar-refractivity contribution in [2.24, 2.45) is 0 Å². The number of hydrogen-bond acceptors (Lipinski definition) is 4. The molecule has 0 aliphatic carbocycles. The van der Waals surface area contributed by atoms with E-state index in [0.29, 0.717) is 12.1 Å². The second kappa shape index (κ2) is 8.67. The summed E-state index contributed by atoms with van der Waals surface area (Å²) in [6.45, 7) is 3.26. The molecule has 2 aromatic heterocycles. The van der Waals surface area contributed by atoms with Crippen LogP contribution >= 0.6 is 0 Å². The third-order valence-electron chi connectivity index (χ3n) is 4.46. The Balaban J connectivity index is 1.89. The maximum atomic E-state index is 12.9. The Morgan fingerprint density at radius 3 is 2.57 bits per heavy atom. The number of imidazole rings is 1. The normalized spacial score (nSPS) is 11.0. The number of anilines is 1. The minimum absolute atomic E-state index is 0.180. The molecule has 0 spiro atoms. The number of benzene rings is 1. The summed E-state index contributed by atoms with van der Waals surface area (Å²) < 4.78 is 1.64. The number of pyridine rings is 1. The van der Waals surface area contributed by atoms with Gasteiger partial charge >= 0.3 is 0 Å². The third-order valence-corrected chi connectivity index (χ3v) is 4.46. The molecule has 0 aliphatic heterocycles. The number of para-hydroxylation sites is 1. The highest BCUT2D eigenvalue weighted by molar-refractivity contribution is 6.06. The van der Waals surface area contributed by atoms with Crippen LogP contribution in [0.15, 0.2) is 48.7 Å². The first-order valence-electron chi connectivity index (χ1n) is 9.30. The van der Waals surface area contributed by atoms with Crippen LogP contribution in [0.1, 0.15) is 33.6 Å². The first kappa shape index (κ1) is 19.6. The Morgan fingerprint density at radius 2 is 1.82 bits per heavy atom. The summed E-state index contributed by atoms with van der Waals surface area (Å²) >= 11 is 0. The lowest BCUT2D eigenvalue weighted by Crippen LogP contribution is -2.31. The number of hydrogen-bond donors (Lipinski definition) is 2. The molecular weight excluding hydrogens is 354 g/mol. The summed E-state index contributed by atoms with van der Waals surface area (Å²) in [5.74, 6) is -0.465. The predicted octanol–water partition coefficient (Wildman–Crippen LogP) is 2.44. The van der Waals surface area contributed by atoms with Crippen molar-refractivity contribution in [3.05, 3.63) is 65.7 Å². The van der Waals surface area contributed by atoms with E-state index < -0.39 is 0 Å². The lowest BCUT2D eigenvalue weighted by Gasteiger charge is -2.09. The summed E-state index contributed by atoms with van der Waals surface area (Å²) in [6, 6.07) is 13.1. The van der Waals surface area contributed by atoms with E-state index in [4.69, 9.17) is 0 Å². The largest absolute Gasteiger partial charge is 0.349 e. The zero-order chi connectivity index (χ0) is 20.1. The monoisotopic (exact) mass is 379 g/mol. The van der Waals surface area contributed by atoms with Gasteiger partial charge in [-0.2, -0.15) is 0 Å². The standard InChI is InChI=1S/C21H25N5O2/c1-4-15-9-5-6-10-16(15)23-21(28)19-24-18(17-11-7-8-13-26(17)19)20(27)22-12-14-25(2)3/h5-11,13H,4,12,14H2,1-3H3,(H,22,27)(H,23,28). The predicted molar refractivity (Wildman–Crippen MR) is 110 cm³/mol. The molecule has 0 aliphatic rings. The highest BCUT2D eigenvalue weighted by Crippen LogP contribution is 2.18. The molecule has 0 fully saturated rings. The van der Waals surface area contributed by atoms with Crippen LogP contribution in [-0.2, 0) is 6.42 Å². The molecule has 0 bridgehead atoms. The van der Waals surface area contributed by atoms with Crippen molar-refractivity contribution >= 4 is 23.0 Å². The fraction of sp³-hybridized carbons (Fsp3) is 0.286. The average molecular weight is 379 g/mol. The van der Waals surface area contributed by atoms with Gasteiger partial charge in [-0.1, -0.05) is 31.2 Å². The van der Waals surface area contributed by atoms with Gasteiger partial charge < -0.3 is 15.5 Å². The van der Waals surface area contributed by atoms with Crippen LogP contribution in [-0.4, -0.2) is 53.3 Å². The molecule has 3 rings (SSSR count). The Kier molecular flexibility index (Phi) is 6.06. The van der Waals surface area contributed by atoms with Gasteiger partial charge in [0.2, 0.25) is 5.82 Å². The molecule has 3 aromatic rings. The molecule has 7 nitrogen and oxygen atoms in total. The van der Waals surface area contributed by atoms with Gasteiger partial charge in [0, 0.05) is 25.0 Å². The number of carbonyl (C=O) groups is 2. The summed E-state index contributed by atoms with van der Waals surface area (Å²) in [4.78, 5) is 31.8. The molecule has 0 atom stereocenters. The second-order valence-corrected chi connectivity index (χ2v) is 6.76. The number of amides is 2. The molecule has 2 amide bonds. The Labute approximate surface area is 164 Å². The van der Waals surface area contributed by atoms with E-state index in [1.165, 1.54) is 0 Å². The van der Waals surface area contributed by atoms with Crippen molar-refractivity contribution in [3.63, 3.8) is 0 Å². The Morgan fingerprint density at radius 1 is 1.07 bits per heavy atom. The molecule has 1 aromatic carbocycles. The number of fused-ring (bicyclic) bond motifs is 1.